The van der Waals surface area contributed by atoms with E-state index in [9.17, 15) is 18.0 Å². The number of ether oxygens (including phenoxy) is 2. The van der Waals surface area contributed by atoms with Gasteiger partial charge in [0.15, 0.2) is 6.04 Å². The average molecular weight is 442 g/mol. The summed E-state index contributed by atoms with van der Waals surface area (Å²) in [6.45, 7) is 5.60. The number of halogens is 3. The number of esters is 1. The molecule has 3 atom stereocenters. The summed E-state index contributed by atoms with van der Waals surface area (Å²) in [4.78, 5) is 14.6. The molecule has 0 radical (unpaired) electrons. The molecule has 31 heavy (non-hydrogen) atoms. The summed E-state index contributed by atoms with van der Waals surface area (Å²) in [6, 6.07) is -2.16. The van der Waals surface area contributed by atoms with E-state index in [1.807, 2.05) is 0 Å². The highest BCUT2D eigenvalue weighted by Gasteiger charge is 2.48. The molecule has 172 valence electrons. The van der Waals surface area contributed by atoms with Crippen molar-refractivity contribution in [1.29, 1.82) is 0 Å². The van der Waals surface area contributed by atoms with Gasteiger partial charge in [-0.3, -0.25) is 4.90 Å². The lowest BCUT2D eigenvalue weighted by Crippen LogP contribution is -2.48. The Labute approximate surface area is 179 Å². The van der Waals surface area contributed by atoms with Crippen LogP contribution in [0, 0.1) is 5.92 Å². The van der Waals surface area contributed by atoms with E-state index in [1.54, 1.807) is 6.92 Å². The van der Waals surface area contributed by atoms with Crippen LogP contribution in [0.4, 0.5) is 19.0 Å². The van der Waals surface area contributed by atoms with E-state index in [2.05, 4.69) is 21.4 Å². The van der Waals surface area contributed by atoms with Crippen molar-refractivity contribution in [1.82, 2.24) is 14.7 Å². The van der Waals surface area contributed by atoms with Gasteiger partial charge in [-0.2, -0.15) is 18.3 Å². The molecule has 1 aromatic heterocycles. The molecule has 1 N–H and O–H groups in total. The molecular formula is C21H29F3N4O3. The molecule has 3 aliphatic rings. The molecule has 0 aromatic carbocycles. The Morgan fingerprint density at radius 1 is 1.42 bits per heavy atom. The number of nitrogens with zero attached hydrogens (tertiary/aromatic N) is 3. The lowest BCUT2D eigenvalue weighted by atomic mass is 9.85. The molecular weight excluding hydrogens is 413 g/mol. The average Bonchev–Trinajstić information content (AvgIpc) is 3.17. The summed E-state index contributed by atoms with van der Waals surface area (Å²) in [5, 5.41) is 7.10. The van der Waals surface area contributed by atoms with E-state index in [4.69, 9.17) is 9.47 Å². The maximum absolute atomic E-state index is 13.9. The number of fused-ring (bicyclic) bond motifs is 1. The van der Waals surface area contributed by atoms with Gasteiger partial charge in [0.25, 0.3) is 0 Å². The minimum atomic E-state index is -4.45. The van der Waals surface area contributed by atoms with E-state index in [1.165, 1.54) is 11.8 Å². The van der Waals surface area contributed by atoms with Gasteiger partial charge in [-0.15, -0.1) is 0 Å². The fraction of sp³-hybridized carbons (Fsp3) is 0.714. The monoisotopic (exact) mass is 442 g/mol. The largest absolute Gasteiger partial charge is 0.462 e. The highest BCUT2D eigenvalue weighted by atomic mass is 19.4. The molecule has 7 nitrogen and oxygen atoms in total. The first-order valence-electron chi connectivity index (χ1n) is 10.9. The van der Waals surface area contributed by atoms with Gasteiger partial charge in [0, 0.05) is 19.1 Å². The summed E-state index contributed by atoms with van der Waals surface area (Å²) in [7, 11) is 0. The number of carbonyl (C=O) groups excluding carboxylic acids is 1. The Balaban J connectivity index is 1.53. The van der Waals surface area contributed by atoms with Gasteiger partial charge in [-0.25, -0.2) is 9.48 Å². The van der Waals surface area contributed by atoms with Gasteiger partial charge >= 0.3 is 12.1 Å². The van der Waals surface area contributed by atoms with Crippen molar-refractivity contribution < 1.29 is 27.4 Å². The van der Waals surface area contributed by atoms with Gasteiger partial charge in [0.1, 0.15) is 11.4 Å². The minimum Gasteiger partial charge on any atom is -0.462 e. The molecule has 3 aliphatic heterocycles. The van der Waals surface area contributed by atoms with Gasteiger partial charge in [-0.05, 0) is 50.6 Å². The Bertz CT molecular complexity index is 823. The highest BCUT2D eigenvalue weighted by Crippen LogP contribution is 2.42. The number of anilines is 1. The van der Waals surface area contributed by atoms with E-state index in [-0.39, 0.29) is 30.3 Å². The number of nitrogens with one attached hydrogen (secondary N) is 1. The molecule has 1 fully saturated rings. The summed E-state index contributed by atoms with van der Waals surface area (Å²) < 4.78 is 53.0. The predicted molar refractivity (Wildman–Crippen MR) is 108 cm³/mol. The third kappa shape index (κ3) is 4.90. The first-order chi connectivity index (χ1) is 14.9. The number of piperidine rings is 1. The maximum atomic E-state index is 13.9. The van der Waals surface area contributed by atoms with Crippen LogP contribution in [0.25, 0.3) is 0 Å². The lowest BCUT2D eigenvalue weighted by molar-refractivity contribution is -0.174. The summed E-state index contributed by atoms with van der Waals surface area (Å²) in [5.41, 5.74) is 1.29. The molecule has 10 heteroatoms. The van der Waals surface area contributed by atoms with E-state index >= 15 is 0 Å². The van der Waals surface area contributed by atoms with Gasteiger partial charge in [-0.1, -0.05) is 6.08 Å². The zero-order chi connectivity index (χ0) is 22.0. The number of likely N-dealkylation sites (tertiary alicyclic amines) is 1. The van der Waals surface area contributed by atoms with Gasteiger partial charge in [0.2, 0.25) is 0 Å². The molecule has 0 unspecified atom stereocenters. The van der Waals surface area contributed by atoms with Crippen LogP contribution in [0.5, 0.6) is 0 Å². The number of rotatable bonds is 5. The third-order valence-electron chi connectivity index (χ3n) is 6.28. The number of carbonyl (C=O) groups is 1. The molecule has 1 aromatic rings. The molecule has 4 heterocycles. The predicted octanol–water partition coefficient (Wildman–Crippen LogP) is 3.41. The topological polar surface area (TPSA) is 68.6 Å². The van der Waals surface area contributed by atoms with Crippen LogP contribution in [0.3, 0.4) is 0 Å². The number of aromatic nitrogens is 2. The molecule has 4 rings (SSSR count). The summed E-state index contributed by atoms with van der Waals surface area (Å²) >= 11 is 0. The van der Waals surface area contributed by atoms with Crippen LogP contribution < -0.4 is 5.32 Å². The van der Waals surface area contributed by atoms with Crippen LogP contribution in [0.2, 0.25) is 0 Å². The number of hydrogen-bond donors (Lipinski definition) is 1. The first kappa shape index (κ1) is 22.1. The summed E-state index contributed by atoms with van der Waals surface area (Å²) in [5.74, 6) is -0.507. The normalized spacial score (nSPS) is 27.2. The fourth-order valence-electron chi connectivity index (χ4n) is 4.83. The van der Waals surface area contributed by atoms with E-state index in [0.29, 0.717) is 13.2 Å². The van der Waals surface area contributed by atoms with Crippen molar-refractivity contribution in [2.75, 3.05) is 44.8 Å². The number of alkyl halides is 3. The summed E-state index contributed by atoms with van der Waals surface area (Å²) in [6.07, 6.45) is 1.50. The van der Waals surface area contributed by atoms with Crippen LogP contribution in [-0.2, 0) is 9.47 Å². The fourth-order valence-corrected chi connectivity index (χ4v) is 4.83. The van der Waals surface area contributed by atoms with Crippen molar-refractivity contribution in [3.05, 3.63) is 23.4 Å². The Hall–Kier alpha value is -2.07. The van der Waals surface area contributed by atoms with Crippen molar-refractivity contribution in [2.24, 2.45) is 5.92 Å². The van der Waals surface area contributed by atoms with Crippen LogP contribution in [0.15, 0.2) is 17.8 Å². The van der Waals surface area contributed by atoms with Crippen LogP contribution in [-0.4, -0.2) is 72.3 Å². The second-order valence-electron chi connectivity index (χ2n) is 8.46. The standard InChI is InChI=1S/C21H29F3N4O3/c1-2-31-20(29)16-10-25-28-18(21(22,23)24)9-17(26-19(16)28)15-6-3-7-27(12-15)11-14-5-4-8-30-13-14/h5,10,15,17-18,26H,2-4,6-9,11-13H2,1H3/t15-,17-,18+/m1/s1. The Kier molecular flexibility index (Phi) is 6.57. The quantitative estimate of drug-likeness (QED) is 0.557. The smallest absolute Gasteiger partial charge is 0.410 e. The number of hydrogen-bond acceptors (Lipinski definition) is 6. The van der Waals surface area contributed by atoms with Crippen molar-refractivity contribution in [3.8, 4) is 0 Å². The van der Waals surface area contributed by atoms with Gasteiger partial charge in [0.05, 0.1) is 26.0 Å². The third-order valence-corrected chi connectivity index (χ3v) is 6.28. The van der Waals surface area contributed by atoms with Crippen molar-refractivity contribution >= 4 is 11.8 Å². The van der Waals surface area contributed by atoms with E-state index in [0.717, 1.165) is 43.6 Å². The molecule has 0 saturated carbocycles. The van der Waals surface area contributed by atoms with Crippen LogP contribution >= 0.6 is 0 Å². The van der Waals surface area contributed by atoms with Crippen molar-refractivity contribution in [3.63, 3.8) is 0 Å². The first-order valence-corrected chi connectivity index (χ1v) is 10.9. The van der Waals surface area contributed by atoms with Crippen molar-refractivity contribution in [2.45, 2.75) is 50.9 Å². The Morgan fingerprint density at radius 3 is 2.97 bits per heavy atom. The Morgan fingerprint density at radius 2 is 2.26 bits per heavy atom. The zero-order valence-electron chi connectivity index (χ0n) is 17.7. The molecule has 0 bridgehead atoms. The molecule has 1 saturated heterocycles. The molecule has 0 amide bonds. The van der Waals surface area contributed by atoms with E-state index < -0.39 is 24.2 Å². The molecule has 0 aliphatic carbocycles. The maximum Gasteiger partial charge on any atom is 0.410 e. The van der Waals surface area contributed by atoms with Gasteiger partial charge < -0.3 is 14.8 Å². The SMILES string of the molecule is CCOC(=O)c1cnn2c1N[C@@H]([C@@H]1CCCN(CC3=CCCOC3)C1)C[C@H]2C(F)(F)F. The molecule has 0 spiro atoms. The second-order valence-corrected chi connectivity index (χ2v) is 8.46. The zero-order valence-corrected chi connectivity index (χ0v) is 17.7. The van der Waals surface area contributed by atoms with Crippen LogP contribution in [0.1, 0.15) is 49.0 Å². The second kappa shape index (κ2) is 9.20. The highest BCUT2D eigenvalue weighted by molar-refractivity contribution is 5.94. The minimum absolute atomic E-state index is 0.0439. The lowest BCUT2D eigenvalue weighted by Gasteiger charge is -2.42.